The van der Waals surface area contributed by atoms with Crippen molar-refractivity contribution in [1.82, 2.24) is 21.3 Å². The lowest BCUT2D eigenvalue weighted by Gasteiger charge is -2.26. The Morgan fingerprint density at radius 1 is 1.02 bits per heavy atom. The van der Waals surface area contributed by atoms with Gasteiger partial charge in [0.15, 0.2) is 0 Å². The molecule has 1 heterocycles. The van der Waals surface area contributed by atoms with Gasteiger partial charge in [0.05, 0.1) is 17.1 Å². The quantitative estimate of drug-likeness (QED) is 0.0908. The topological polar surface area (TPSA) is 269 Å². The summed E-state index contributed by atoms with van der Waals surface area (Å²) in [5.41, 5.74) is 4.72. The molecule has 8 N–H and O–H groups in total. The minimum atomic E-state index is -1.46. The lowest BCUT2D eigenvalue weighted by molar-refractivity contribution is -0.384. The molecule has 0 fully saturated rings. The van der Waals surface area contributed by atoms with Gasteiger partial charge in [-0.3, -0.25) is 38.9 Å². The number of non-ortho nitro benzene ring substituents is 1. The Morgan fingerprint density at radius 2 is 1.71 bits per heavy atom. The Kier molecular flexibility index (Phi) is 12.4. The summed E-state index contributed by atoms with van der Waals surface area (Å²) in [5, 5.41) is 38.8. The van der Waals surface area contributed by atoms with Crippen molar-refractivity contribution >= 4 is 41.3 Å². The zero-order valence-corrected chi connectivity index (χ0v) is 21.9. The average molecular weight is 581 g/mol. The number of benzene rings is 1. The molecule has 1 aromatic rings. The molecular weight excluding hydrogens is 548 g/mol. The van der Waals surface area contributed by atoms with Crippen molar-refractivity contribution in [3.8, 4) is 5.75 Å². The molecule has 224 valence electrons. The van der Waals surface area contributed by atoms with Crippen molar-refractivity contribution in [1.29, 1.82) is 0 Å². The lowest BCUT2D eigenvalue weighted by atomic mass is 10.0. The second kappa shape index (κ2) is 15.7. The number of fused-ring (bicyclic) bond motifs is 1. The molecule has 0 saturated carbocycles. The van der Waals surface area contributed by atoms with Gasteiger partial charge in [-0.15, -0.1) is 0 Å². The van der Waals surface area contributed by atoms with E-state index in [9.17, 15) is 38.9 Å². The molecule has 41 heavy (non-hydrogen) atoms. The fraction of sp³-hybridized carbons (Fsp3) is 0.500. The van der Waals surface area contributed by atoms with Crippen LogP contribution in [0.25, 0.3) is 0 Å². The number of nitrogens with zero attached hydrogens (tertiary/aromatic N) is 1. The highest BCUT2D eigenvalue weighted by atomic mass is 16.6. The van der Waals surface area contributed by atoms with E-state index in [1.165, 1.54) is 0 Å². The van der Waals surface area contributed by atoms with Crippen molar-refractivity contribution in [3.05, 3.63) is 33.9 Å². The first-order chi connectivity index (χ1) is 19.4. The number of carbonyl (C=O) groups is 6. The van der Waals surface area contributed by atoms with Crippen molar-refractivity contribution in [2.24, 2.45) is 5.73 Å². The summed E-state index contributed by atoms with van der Waals surface area (Å²) in [6.07, 6.45) is -0.174. The predicted octanol–water partition coefficient (Wildman–Crippen LogP) is -1.36. The minimum Gasteiger partial charge on any atom is -0.493 e. The molecule has 0 aliphatic carbocycles. The number of nitrogens with two attached hydrogens (primary N) is 1. The molecule has 17 heteroatoms. The van der Waals surface area contributed by atoms with Crippen LogP contribution in [0.3, 0.4) is 0 Å². The molecule has 2 rings (SSSR count). The van der Waals surface area contributed by atoms with Crippen LogP contribution < -0.4 is 31.7 Å². The Balaban J connectivity index is 2.51. The van der Waals surface area contributed by atoms with Crippen LogP contribution >= 0.6 is 0 Å². The number of carboxylic acid groups (broad SMARTS) is 2. The van der Waals surface area contributed by atoms with E-state index in [4.69, 9.17) is 20.7 Å². The van der Waals surface area contributed by atoms with E-state index in [1.807, 2.05) is 0 Å². The van der Waals surface area contributed by atoms with E-state index in [1.54, 1.807) is 0 Å². The first-order valence-corrected chi connectivity index (χ1v) is 12.7. The van der Waals surface area contributed by atoms with Crippen LogP contribution in [0.5, 0.6) is 5.75 Å². The number of carboxylic acids is 2. The number of hydrogen-bond donors (Lipinski definition) is 7. The zero-order chi connectivity index (χ0) is 30.5. The number of nitro benzene ring substituents is 1. The summed E-state index contributed by atoms with van der Waals surface area (Å²) in [4.78, 5) is 84.9. The predicted molar refractivity (Wildman–Crippen MR) is 139 cm³/mol. The van der Waals surface area contributed by atoms with Crippen molar-refractivity contribution in [2.45, 2.75) is 56.7 Å². The van der Waals surface area contributed by atoms with Crippen LogP contribution in [0.4, 0.5) is 5.69 Å². The summed E-state index contributed by atoms with van der Waals surface area (Å²) in [6, 6.07) is -0.905. The number of hydrogen-bond acceptors (Lipinski definition) is 10. The van der Waals surface area contributed by atoms with Gasteiger partial charge in [-0.05, 0) is 38.3 Å². The van der Waals surface area contributed by atoms with Gasteiger partial charge in [-0.1, -0.05) is 0 Å². The van der Waals surface area contributed by atoms with Crippen molar-refractivity contribution in [3.63, 3.8) is 0 Å². The fourth-order valence-corrected chi connectivity index (χ4v) is 3.86. The number of carbonyl (C=O) groups excluding carboxylic acids is 4. The van der Waals surface area contributed by atoms with Crippen LogP contribution in [-0.2, 0) is 24.0 Å². The van der Waals surface area contributed by atoms with E-state index < -0.39 is 77.3 Å². The maximum absolute atomic E-state index is 13.2. The third-order valence-corrected chi connectivity index (χ3v) is 5.98. The van der Waals surface area contributed by atoms with Gasteiger partial charge < -0.3 is 42.0 Å². The second-order valence-corrected chi connectivity index (χ2v) is 9.05. The second-order valence-electron chi connectivity index (χ2n) is 9.05. The highest BCUT2D eigenvalue weighted by Gasteiger charge is 2.31. The maximum Gasteiger partial charge on any atom is 0.322 e. The largest absolute Gasteiger partial charge is 0.493 e. The minimum absolute atomic E-state index is 0.0728. The normalized spacial score (nSPS) is 19.7. The molecule has 17 nitrogen and oxygen atoms in total. The summed E-state index contributed by atoms with van der Waals surface area (Å²) in [5.74, 6) is -6.29. The van der Waals surface area contributed by atoms with Gasteiger partial charge in [-0.25, -0.2) is 0 Å². The van der Waals surface area contributed by atoms with E-state index in [0.717, 1.165) is 18.2 Å². The molecule has 1 aromatic carbocycles. The first kappa shape index (κ1) is 32.4. The van der Waals surface area contributed by atoms with Crippen LogP contribution in [-0.4, -0.2) is 88.5 Å². The third kappa shape index (κ3) is 10.4. The van der Waals surface area contributed by atoms with E-state index in [0.29, 0.717) is 19.4 Å². The zero-order valence-electron chi connectivity index (χ0n) is 21.9. The summed E-state index contributed by atoms with van der Waals surface area (Å²) in [7, 11) is 0. The lowest BCUT2D eigenvalue weighted by Crippen LogP contribution is -2.57. The molecule has 1 aliphatic rings. The Bertz CT molecular complexity index is 1170. The number of amides is 4. The first-order valence-electron chi connectivity index (χ1n) is 12.7. The monoisotopic (exact) mass is 580 g/mol. The van der Waals surface area contributed by atoms with Crippen LogP contribution in [0.15, 0.2) is 18.2 Å². The molecular formula is C24H32N6O11. The van der Waals surface area contributed by atoms with Gasteiger partial charge >= 0.3 is 11.9 Å². The molecule has 0 aromatic heterocycles. The Hall–Kier alpha value is -4.80. The van der Waals surface area contributed by atoms with E-state index >= 15 is 0 Å². The smallest absolute Gasteiger partial charge is 0.322 e. The van der Waals surface area contributed by atoms with Crippen LogP contribution in [0.1, 0.15) is 48.9 Å². The molecule has 0 saturated heterocycles. The number of unbranched alkanes of at least 4 members (excludes halogenated alkanes) is 1. The van der Waals surface area contributed by atoms with Gasteiger partial charge in [0, 0.05) is 25.0 Å². The molecule has 4 amide bonds. The fourth-order valence-electron chi connectivity index (χ4n) is 3.86. The number of ether oxygens (including phenoxy) is 1. The van der Waals surface area contributed by atoms with E-state index in [-0.39, 0.29) is 37.2 Å². The van der Waals surface area contributed by atoms with E-state index in [2.05, 4.69) is 21.3 Å². The SMILES string of the molecule is NCCCCC1NC(=O)C(CCC(=O)O)NC(=O)c2cc([N+](=O)[O-])ccc2OCC[C@@H](C(=O)NCC(=O)O)NC1=O. The van der Waals surface area contributed by atoms with Gasteiger partial charge in [-0.2, -0.15) is 0 Å². The average Bonchev–Trinajstić information content (AvgIpc) is 2.91. The maximum atomic E-state index is 13.2. The highest BCUT2D eigenvalue weighted by molar-refractivity contribution is 6.01. The van der Waals surface area contributed by atoms with Gasteiger partial charge in [0.25, 0.3) is 11.6 Å². The number of nitro groups is 1. The van der Waals surface area contributed by atoms with Crippen molar-refractivity contribution in [2.75, 3.05) is 19.7 Å². The standard InChI is InChI=1S/C24H32N6O11/c25-9-2-1-3-15-23(37)29-17(22(36)26-12-20(33)34)8-10-41-18-6-4-13(30(39)40)11-14(18)21(35)27-16(24(38)28-15)5-7-19(31)32/h4,6,11,15-17H,1-3,5,7-10,12,25H2,(H,26,36)(H,27,35)(H,28,38)(H,29,37)(H,31,32)(H,33,34)/t15?,16?,17-/m0/s1. The molecule has 0 spiro atoms. The van der Waals surface area contributed by atoms with Crippen LogP contribution in [0, 0.1) is 10.1 Å². The van der Waals surface area contributed by atoms with Crippen LogP contribution in [0.2, 0.25) is 0 Å². The number of nitrogens with one attached hydrogen (secondary N) is 4. The summed E-state index contributed by atoms with van der Waals surface area (Å²) >= 11 is 0. The summed E-state index contributed by atoms with van der Waals surface area (Å²) in [6.45, 7) is -0.737. The molecule has 1 aliphatic heterocycles. The van der Waals surface area contributed by atoms with Crippen molar-refractivity contribution < 1.29 is 48.6 Å². The molecule has 3 atom stereocenters. The molecule has 2 unspecified atom stereocenters. The third-order valence-electron chi connectivity index (χ3n) is 5.98. The van der Waals surface area contributed by atoms with Gasteiger partial charge in [0.1, 0.15) is 30.4 Å². The number of rotatable bonds is 11. The summed E-state index contributed by atoms with van der Waals surface area (Å²) < 4.78 is 5.61. The Morgan fingerprint density at radius 3 is 2.34 bits per heavy atom. The molecule has 0 bridgehead atoms. The van der Waals surface area contributed by atoms with Gasteiger partial charge in [0.2, 0.25) is 17.7 Å². The Labute approximate surface area is 233 Å². The number of aliphatic carboxylic acids is 2. The highest BCUT2D eigenvalue weighted by Crippen LogP contribution is 2.25. The molecule has 0 radical (unpaired) electrons.